The van der Waals surface area contributed by atoms with Gasteiger partial charge in [-0.15, -0.1) is 0 Å². The molecule has 10 heteroatoms. The van der Waals surface area contributed by atoms with Gasteiger partial charge in [0.15, 0.2) is 5.78 Å². The molecule has 1 saturated heterocycles. The summed E-state index contributed by atoms with van der Waals surface area (Å²) in [5.74, 6) is -1.40. The third-order valence-corrected chi connectivity index (χ3v) is 7.29. The lowest BCUT2D eigenvalue weighted by atomic mass is 9.98. The van der Waals surface area contributed by atoms with Gasteiger partial charge in [0.25, 0.3) is 5.91 Å². The van der Waals surface area contributed by atoms with Crippen molar-refractivity contribution in [3.05, 3.63) is 64.7 Å². The topological polar surface area (TPSA) is 113 Å². The number of halogens is 1. The number of amides is 2. The maximum Gasteiger partial charge on any atom is 0.269 e. The molecule has 0 bridgehead atoms. The number of ketones is 1. The first-order chi connectivity index (χ1) is 14.7. The van der Waals surface area contributed by atoms with E-state index in [9.17, 15) is 22.8 Å². The molecule has 1 fully saturated rings. The van der Waals surface area contributed by atoms with Gasteiger partial charge in [0.1, 0.15) is 0 Å². The summed E-state index contributed by atoms with van der Waals surface area (Å²) in [4.78, 5) is 35.9. The summed E-state index contributed by atoms with van der Waals surface area (Å²) >= 11 is 5.79. The first kappa shape index (κ1) is 22.9. The normalized spacial score (nSPS) is 15.3. The lowest BCUT2D eigenvalue weighted by Crippen LogP contribution is -2.48. The van der Waals surface area contributed by atoms with E-state index in [1.807, 2.05) is 0 Å². The molecular weight excluding hydrogens is 442 g/mol. The van der Waals surface area contributed by atoms with Crippen molar-refractivity contribution in [3.63, 3.8) is 0 Å². The molecule has 8 nitrogen and oxygen atoms in total. The van der Waals surface area contributed by atoms with Crippen LogP contribution in [0.15, 0.2) is 53.4 Å². The number of sulfonamides is 1. The predicted octanol–water partition coefficient (Wildman–Crippen LogP) is 2.40. The molecule has 0 aromatic heterocycles. The van der Waals surface area contributed by atoms with E-state index in [-0.39, 0.29) is 29.7 Å². The Morgan fingerprint density at radius 3 is 2.00 bits per heavy atom. The molecule has 1 heterocycles. The van der Waals surface area contributed by atoms with E-state index in [0.29, 0.717) is 29.0 Å². The Labute approximate surface area is 185 Å². The van der Waals surface area contributed by atoms with Crippen LogP contribution in [-0.2, 0) is 14.8 Å². The Bertz CT molecular complexity index is 1080. The molecule has 164 valence electrons. The zero-order chi connectivity index (χ0) is 22.6. The highest BCUT2D eigenvalue weighted by atomic mass is 35.5. The Morgan fingerprint density at radius 1 is 0.903 bits per heavy atom. The van der Waals surface area contributed by atoms with Gasteiger partial charge in [0.2, 0.25) is 15.9 Å². The quantitative estimate of drug-likeness (QED) is 0.522. The summed E-state index contributed by atoms with van der Waals surface area (Å²) in [7, 11) is -3.71. The Morgan fingerprint density at radius 2 is 1.45 bits per heavy atom. The van der Waals surface area contributed by atoms with Gasteiger partial charge < -0.3 is 0 Å². The van der Waals surface area contributed by atoms with Crippen LogP contribution >= 0.6 is 11.6 Å². The van der Waals surface area contributed by atoms with E-state index in [1.165, 1.54) is 47.6 Å². The average molecular weight is 464 g/mol. The number of rotatable bonds is 5. The largest absolute Gasteiger partial charge is 0.295 e. The molecule has 2 N–H and O–H groups in total. The summed E-state index contributed by atoms with van der Waals surface area (Å²) in [5, 5.41) is 0.497. The molecule has 1 aliphatic heterocycles. The van der Waals surface area contributed by atoms with Crippen LogP contribution in [-0.4, -0.2) is 43.4 Å². The number of carbonyl (C=O) groups is 3. The Balaban J connectivity index is 1.53. The first-order valence-corrected chi connectivity index (χ1v) is 11.5. The minimum Gasteiger partial charge on any atom is -0.295 e. The van der Waals surface area contributed by atoms with Crippen molar-refractivity contribution in [2.24, 2.45) is 5.92 Å². The summed E-state index contributed by atoms with van der Waals surface area (Å²) < 4.78 is 27.0. The fourth-order valence-electron chi connectivity index (χ4n) is 3.26. The van der Waals surface area contributed by atoms with E-state index in [4.69, 9.17) is 11.6 Å². The fourth-order valence-corrected chi connectivity index (χ4v) is 4.86. The number of carbonyl (C=O) groups excluding carboxylic acids is 3. The van der Waals surface area contributed by atoms with Crippen molar-refractivity contribution in [1.29, 1.82) is 0 Å². The highest BCUT2D eigenvalue weighted by molar-refractivity contribution is 7.89. The summed E-state index contributed by atoms with van der Waals surface area (Å²) in [6.07, 6.45) is 0.654. The number of hydrogen-bond donors (Lipinski definition) is 2. The van der Waals surface area contributed by atoms with E-state index in [0.717, 1.165) is 0 Å². The molecule has 0 saturated carbocycles. The third-order valence-electron chi connectivity index (χ3n) is 5.13. The van der Waals surface area contributed by atoms with Crippen LogP contribution in [0.3, 0.4) is 0 Å². The zero-order valence-corrected chi connectivity index (χ0v) is 18.4. The van der Waals surface area contributed by atoms with E-state index < -0.39 is 21.8 Å². The third kappa shape index (κ3) is 5.49. The van der Waals surface area contributed by atoms with Crippen molar-refractivity contribution in [1.82, 2.24) is 15.2 Å². The number of hydrazine groups is 1. The van der Waals surface area contributed by atoms with Gasteiger partial charge in [-0.1, -0.05) is 23.7 Å². The molecule has 2 amide bonds. The molecule has 0 radical (unpaired) electrons. The lowest BCUT2D eigenvalue weighted by Gasteiger charge is -2.30. The van der Waals surface area contributed by atoms with Gasteiger partial charge >= 0.3 is 0 Å². The second-order valence-corrected chi connectivity index (χ2v) is 9.58. The number of piperidine rings is 1. The molecule has 1 aliphatic rings. The van der Waals surface area contributed by atoms with Crippen LogP contribution in [0.2, 0.25) is 5.02 Å². The van der Waals surface area contributed by atoms with Gasteiger partial charge in [0.05, 0.1) is 4.90 Å². The number of Topliss-reactive ketones (excluding diaryl/α,β-unsaturated/α-hetero) is 1. The maximum absolute atomic E-state index is 12.8. The Kier molecular flexibility index (Phi) is 7.09. The standard InChI is InChI=1S/C21H22ClN3O5S/c1-14(26)15-4-8-19(9-5-15)31(29,30)25-12-10-17(11-13-25)21(28)24-23-20(27)16-2-6-18(22)7-3-16/h2-9,17H,10-13H2,1H3,(H,23,27)(H,24,28). The molecule has 31 heavy (non-hydrogen) atoms. The molecule has 2 aromatic carbocycles. The van der Waals surface area contributed by atoms with Crippen LogP contribution in [0.1, 0.15) is 40.5 Å². The minimum absolute atomic E-state index is 0.107. The van der Waals surface area contributed by atoms with Crippen molar-refractivity contribution in [2.75, 3.05) is 13.1 Å². The molecule has 0 spiro atoms. The van der Waals surface area contributed by atoms with Crippen LogP contribution < -0.4 is 10.9 Å². The average Bonchev–Trinajstić information content (AvgIpc) is 2.77. The van der Waals surface area contributed by atoms with Crippen LogP contribution in [0.4, 0.5) is 0 Å². The second kappa shape index (κ2) is 9.59. The highest BCUT2D eigenvalue weighted by Crippen LogP contribution is 2.24. The summed E-state index contributed by atoms with van der Waals surface area (Å²) in [6, 6.07) is 12.0. The fraction of sp³-hybridized carbons (Fsp3) is 0.286. The van der Waals surface area contributed by atoms with Gasteiger partial charge in [-0.3, -0.25) is 25.2 Å². The van der Waals surface area contributed by atoms with Crippen LogP contribution in [0, 0.1) is 5.92 Å². The zero-order valence-electron chi connectivity index (χ0n) is 16.8. The number of nitrogens with one attached hydrogen (secondary N) is 2. The summed E-state index contributed by atoms with van der Waals surface area (Å²) in [5.41, 5.74) is 5.54. The van der Waals surface area contributed by atoms with Gasteiger partial charge in [0, 0.05) is 35.2 Å². The number of nitrogens with zero attached hydrogens (tertiary/aromatic N) is 1. The van der Waals surface area contributed by atoms with Crippen molar-refractivity contribution in [2.45, 2.75) is 24.7 Å². The lowest BCUT2D eigenvalue weighted by molar-refractivity contribution is -0.126. The van der Waals surface area contributed by atoms with Crippen molar-refractivity contribution < 1.29 is 22.8 Å². The van der Waals surface area contributed by atoms with Crippen LogP contribution in [0.5, 0.6) is 0 Å². The van der Waals surface area contributed by atoms with Crippen molar-refractivity contribution in [3.8, 4) is 0 Å². The molecule has 0 atom stereocenters. The molecule has 3 rings (SSSR count). The van der Waals surface area contributed by atoms with E-state index >= 15 is 0 Å². The van der Waals surface area contributed by atoms with Gasteiger partial charge in [-0.05, 0) is 56.2 Å². The van der Waals surface area contributed by atoms with Gasteiger partial charge in [-0.25, -0.2) is 8.42 Å². The molecule has 2 aromatic rings. The molecule has 0 unspecified atom stereocenters. The van der Waals surface area contributed by atoms with E-state index in [2.05, 4.69) is 10.9 Å². The van der Waals surface area contributed by atoms with Gasteiger partial charge in [-0.2, -0.15) is 4.31 Å². The number of benzene rings is 2. The number of hydrogen-bond acceptors (Lipinski definition) is 5. The maximum atomic E-state index is 12.8. The molecule has 0 aliphatic carbocycles. The van der Waals surface area contributed by atoms with E-state index in [1.54, 1.807) is 12.1 Å². The SMILES string of the molecule is CC(=O)c1ccc(S(=O)(=O)N2CCC(C(=O)NNC(=O)c3ccc(Cl)cc3)CC2)cc1. The monoisotopic (exact) mass is 463 g/mol. The first-order valence-electron chi connectivity index (χ1n) is 9.65. The summed E-state index contributed by atoms with van der Waals surface area (Å²) in [6.45, 7) is 1.78. The van der Waals surface area contributed by atoms with Crippen molar-refractivity contribution >= 4 is 39.2 Å². The predicted molar refractivity (Wildman–Crippen MR) is 115 cm³/mol. The molecular formula is C21H22ClN3O5S. The minimum atomic E-state index is -3.71. The highest BCUT2D eigenvalue weighted by Gasteiger charge is 2.32. The second-order valence-electron chi connectivity index (χ2n) is 7.21. The van der Waals surface area contributed by atoms with Crippen LogP contribution in [0.25, 0.3) is 0 Å². The Hall–Kier alpha value is -2.75. The smallest absolute Gasteiger partial charge is 0.269 e.